The number of anilines is 1. The number of fused-ring (bicyclic) bond motifs is 1. The van der Waals surface area contributed by atoms with Crippen LogP contribution in [0.4, 0.5) is 11.4 Å². The highest BCUT2D eigenvalue weighted by molar-refractivity contribution is 7.89. The Morgan fingerprint density at radius 3 is 2.62 bits per heavy atom. The largest absolute Gasteiger partial charge is 0.454 e. The average Bonchev–Trinajstić information content (AvgIpc) is 3.27. The molecule has 1 N–H and O–H groups in total. The monoisotopic (exact) mass is 460 g/mol. The second kappa shape index (κ2) is 9.13. The first-order chi connectivity index (χ1) is 15.4. The van der Waals surface area contributed by atoms with Crippen molar-refractivity contribution in [2.45, 2.75) is 43.0 Å². The molecule has 2 aromatic rings. The van der Waals surface area contributed by atoms with Crippen molar-refractivity contribution in [1.82, 2.24) is 4.31 Å². The van der Waals surface area contributed by atoms with Crippen molar-refractivity contribution < 1.29 is 22.8 Å². The van der Waals surface area contributed by atoms with Gasteiger partial charge in [0, 0.05) is 25.2 Å². The summed E-state index contributed by atoms with van der Waals surface area (Å²) < 4.78 is 38.7. The van der Waals surface area contributed by atoms with E-state index in [1.807, 2.05) is 0 Å². The molecule has 0 radical (unpaired) electrons. The molecule has 2 aromatic carbocycles. The third-order valence-corrected chi connectivity index (χ3v) is 7.67. The number of non-ortho nitro benzene ring substituents is 1. The molecule has 0 atom stereocenters. The molecule has 0 saturated heterocycles. The molecular weight excluding hydrogens is 436 g/mol. The molecule has 32 heavy (non-hydrogen) atoms. The maximum atomic E-state index is 13.4. The molecular formula is C21H24N4O6S. The van der Waals surface area contributed by atoms with Gasteiger partial charge in [0.05, 0.1) is 16.8 Å². The van der Waals surface area contributed by atoms with Gasteiger partial charge >= 0.3 is 0 Å². The highest BCUT2D eigenvalue weighted by Gasteiger charge is 2.32. The quantitative estimate of drug-likeness (QED) is 0.379. The maximum absolute atomic E-state index is 13.4. The standard InChI is InChI=1S/C21H24N4O6S/c1-24(16-5-3-2-4-6-16)32(28,29)21-12-17(25(26)27)8-9-18(21)23-22-13-15-7-10-19-20(11-15)31-14-30-19/h7-13,16,23H,2-6,14H2,1H3. The second-order valence-electron chi connectivity index (χ2n) is 7.73. The van der Waals surface area contributed by atoms with Crippen LogP contribution in [0.1, 0.15) is 37.7 Å². The number of nitro benzene ring substituents is 1. The van der Waals surface area contributed by atoms with Gasteiger partial charge in [-0.3, -0.25) is 15.5 Å². The van der Waals surface area contributed by atoms with Crippen LogP contribution in [-0.2, 0) is 10.0 Å². The fraction of sp³-hybridized carbons (Fsp3) is 0.381. The lowest BCUT2D eigenvalue weighted by Gasteiger charge is -2.30. The lowest BCUT2D eigenvalue weighted by molar-refractivity contribution is -0.385. The van der Waals surface area contributed by atoms with Crippen LogP contribution in [0.2, 0.25) is 0 Å². The molecule has 1 aliphatic carbocycles. The number of hydrogen-bond acceptors (Lipinski definition) is 8. The van der Waals surface area contributed by atoms with E-state index < -0.39 is 14.9 Å². The highest BCUT2D eigenvalue weighted by atomic mass is 32.2. The fourth-order valence-electron chi connectivity index (χ4n) is 3.90. The van der Waals surface area contributed by atoms with Gasteiger partial charge in [-0.2, -0.15) is 9.41 Å². The Hall–Kier alpha value is -3.18. The summed E-state index contributed by atoms with van der Waals surface area (Å²) in [6.45, 7) is 0.159. The van der Waals surface area contributed by atoms with E-state index in [-0.39, 0.29) is 29.1 Å². The Kier molecular flexibility index (Phi) is 6.28. The van der Waals surface area contributed by atoms with Crippen LogP contribution < -0.4 is 14.9 Å². The lowest BCUT2D eigenvalue weighted by Crippen LogP contribution is -2.38. The zero-order valence-electron chi connectivity index (χ0n) is 17.6. The molecule has 0 amide bonds. The zero-order chi connectivity index (χ0) is 22.7. The van der Waals surface area contributed by atoms with E-state index in [4.69, 9.17) is 9.47 Å². The Balaban J connectivity index is 1.61. The summed E-state index contributed by atoms with van der Waals surface area (Å²) in [5, 5.41) is 15.4. The first kappa shape index (κ1) is 22.0. The second-order valence-corrected chi connectivity index (χ2v) is 9.70. The molecule has 1 fully saturated rings. The van der Waals surface area contributed by atoms with E-state index in [9.17, 15) is 18.5 Å². The van der Waals surface area contributed by atoms with Crippen LogP contribution in [0.25, 0.3) is 0 Å². The number of hydrogen-bond donors (Lipinski definition) is 1. The molecule has 1 heterocycles. The summed E-state index contributed by atoms with van der Waals surface area (Å²) in [6.07, 6.45) is 6.06. The molecule has 0 unspecified atom stereocenters. The maximum Gasteiger partial charge on any atom is 0.270 e. The zero-order valence-corrected chi connectivity index (χ0v) is 18.4. The predicted molar refractivity (Wildman–Crippen MR) is 119 cm³/mol. The molecule has 10 nitrogen and oxygen atoms in total. The molecule has 1 saturated carbocycles. The van der Waals surface area contributed by atoms with E-state index in [0.717, 1.165) is 38.2 Å². The molecule has 170 valence electrons. The topological polar surface area (TPSA) is 123 Å². The molecule has 0 aromatic heterocycles. The van der Waals surface area contributed by atoms with Gasteiger partial charge in [0.25, 0.3) is 5.69 Å². The summed E-state index contributed by atoms with van der Waals surface area (Å²) >= 11 is 0. The van der Waals surface area contributed by atoms with Gasteiger partial charge < -0.3 is 9.47 Å². The van der Waals surface area contributed by atoms with Gasteiger partial charge in [0.1, 0.15) is 4.90 Å². The molecule has 1 aliphatic heterocycles. The normalized spacial score (nSPS) is 16.6. The van der Waals surface area contributed by atoms with E-state index in [2.05, 4.69) is 10.5 Å². The van der Waals surface area contributed by atoms with Gasteiger partial charge in [-0.25, -0.2) is 8.42 Å². The van der Waals surface area contributed by atoms with Crippen LogP contribution in [-0.4, -0.2) is 43.7 Å². The summed E-state index contributed by atoms with van der Waals surface area (Å²) in [4.78, 5) is 10.5. The minimum absolute atomic E-state index is 0.127. The van der Waals surface area contributed by atoms with Crippen LogP contribution in [0, 0.1) is 10.1 Å². The average molecular weight is 461 g/mol. The number of hydrazone groups is 1. The van der Waals surface area contributed by atoms with Crippen LogP contribution in [0.3, 0.4) is 0 Å². The van der Waals surface area contributed by atoms with Crippen molar-refractivity contribution in [1.29, 1.82) is 0 Å². The fourth-order valence-corrected chi connectivity index (χ4v) is 5.47. The molecule has 11 heteroatoms. The Morgan fingerprint density at radius 2 is 1.88 bits per heavy atom. The number of benzene rings is 2. The van der Waals surface area contributed by atoms with E-state index in [0.29, 0.717) is 17.1 Å². The van der Waals surface area contributed by atoms with Crippen LogP contribution >= 0.6 is 0 Å². The van der Waals surface area contributed by atoms with Gasteiger partial charge in [0.2, 0.25) is 16.8 Å². The Bertz CT molecular complexity index is 1140. The predicted octanol–water partition coefficient (Wildman–Crippen LogP) is 3.72. The first-order valence-corrected chi connectivity index (χ1v) is 11.8. The summed E-state index contributed by atoms with van der Waals surface area (Å²) in [6, 6.07) is 8.84. The van der Waals surface area contributed by atoms with Crippen molar-refractivity contribution in [3.8, 4) is 11.5 Å². The lowest BCUT2D eigenvalue weighted by atomic mass is 9.96. The van der Waals surface area contributed by atoms with Crippen molar-refractivity contribution in [3.05, 3.63) is 52.1 Å². The van der Waals surface area contributed by atoms with Gasteiger partial charge in [0.15, 0.2) is 11.5 Å². The smallest absolute Gasteiger partial charge is 0.270 e. The first-order valence-electron chi connectivity index (χ1n) is 10.3. The Morgan fingerprint density at radius 1 is 1.12 bits per heavy atom. The van der Waals surface area contributed by atoms with Crippen molar-refractivity contribution in [3.63, 3.8) is 0 Å². The number of nitro groups is 1. The van der Waals surface area contributed by atoms with Gasteiger partial charge in [-0.05, 0) is 42.7 Å². The number of sulfonamides is 1. The number of rotatable bonds is 7. The highest BCUT2D eigenvalue weighted by Crippen LogP contribution is 2.33. The molecule has 0 spiro atoms. The van der Waals surface area contributed by atoms with Crippen molar-refractivity contribution in [2.75, 3.05) is 19.3 Å². The minimum atomic E-state index is -3.97. The molecule has 2 aliphatic rings. The third-order valence-electron chi connectivity index (χ3n) is 5.72. The van der Waals surface area contributed by atoms with E-state index in [1.165, 1.54) is 29.7 Å². The summed E-state index contributed by atoms with van der Waals surface area (Å²) in [5.74, 6) is 1.24. The summed E-state index contributed by atoms with van der Waals surface area (Å²) in [5.41, 5.74) is 3.31. The third kappa shape index (κ3) is 4.53. The van der Waals surface area contributed by atoms with Gasteiger partial charge in [-0.1, -0.05) is 19.3 Å². The van der Waals surface area contributed by atoms with Crippen molar-refractivity contribution in [2.24, 2.45) is 5.10 Å². The SMILES string of the molecule is CN(C1CCCCC1)S(=O)(=O)c1cc([N+](=O)[O-])ccc1NN=Cc1ccc2c(c1)OCO2. The van der Waals surface area contributed by atoms with Gasteiger partial charge in [-0.15, -0.1) is 0 Å². The molecule has 0 bridgehead atoms. The van der Waals surface area contributed by atoms with Crippen molar-refractivity contribution >= 4 is 27.6 Å². The number of nitrogens with one attached hydrogen (secondary N) is 1. The van der Waals surface area contributed by atoms with Crippen LogP contribution in [0.5, 0.6) is 11.5 Å². The van der Waals surface area contributed by atoms with E-state index in [1.54, 1.807) is 18.2 Å². The summed E-state index contributed by atoms with van der Waals surface area (Å²) in [7, 11) is -2.44. The minimum Gasteiger partial charge on any atom is -0.454 e. The molecule has 4 rings (SSSR count). The Labute approximate surface area is 186 Å². The number of ether oxygens (including phenoxy) is 2. The number of nitrogens with zero attached hydrogens (tertiary/aromatic N) is 3. The van der Waals surface area contributed by atoms with Crippen LogP contribution in [0.15, 0.2) is 46.4 Å². The van der Waals surface area contributed by atoms with E-state index >= 15 is 0 Å².